The minimum atomic E-state index is -4.72. The molecule has 0 saturated heterocycles. The highest BCUT2D eigenvalue weighted by molar-refractivity contribution is 7.90. The van der Waals surface area contributed by atoms with E-state index in [-0.39, 0.29) is 33.9 Å². The van der Waals surface area contributed by atoms with Gasteiger partial charge in [-0.15, -0.1) is 0 Å². The molecular formula is C15H13F3N4O2S. The van der Waals surface area contributed by atoms with Gasteiger partial charge < -0.3 is 0 Å². The van der Waals surface area contributed by atoms with Crippen LogP contribution in [0.4, 0.5) is 13.2 Å². The lowest BCUT2D eigenvalue weighted by Crippen LogP contribution is -2.14. The van der Waals surface area contributed by atoms with Gasteiger partial charge in [0.2, 0.25) is 5.82 Å². The molecule has 0 fully saturated rings. The Bertz CT molecular complexity index is 1060. The molecule has 0 N–H and O–H groups in total. The maximum Gasteiger partial charge on any atom is 0.451 e. The third-order valence-corrected chi connectivity index (χ3v) is 4.73. The first-order valence-electron chi connectivity index (χ1n) is 7.23. The van der Waals surface area contributed by atoms with Crippen LogP contribution in [0.25, 0.3) is 16.9 Å². The van der Waals surface area contributed by atoms with Crippen molar-refractivity contribution >= 4 is 21.0 Å². The highest BCUT2D eigenvalue weighted by Gasteiger charge is 2.36. The van der Waals surface area contributed by atoms with E-state index in [1.54, 1.807) is 13.0 Å². The molecule has 2 aromatic heterocycles. The van der Waals surface area contributed by atoms with Crippen molar-refractivity contribution in [2.45, 2.75) is 24.4 Å². The summed E-state index contributed by atoms with van der Waals surface area (Å²) in [4.78, 5) is 11.2. The van der Waals surface area contributed by atoms with Gasteiger partial charge in [0.25, 0.3) is 0 Å². The summed E-state index contributed by atoms with van der Waals surface area (Å²) in [6.07, 6.45) is -2.21. The Morgan fingerprint density at radius 3 is 2.44 bits per heavy atom. The van der Waals surface area contributed by atoms with E-state index in [1.807, 2.05) is 0 Å². The van der Waals surface area contributed by atoms with E-state index >= 15 is 0 Å². The number of sulfone groups is 1. The quantitative estimate of drug-likeness (QED) is 0.708. The molecule has 0 saturated carbocycles. The largest absolute Gasteiger partial charge is 0.451 e. The Kier molecular flexibility index (Phi) is 4.02. The topological polar surface area (TPSA) is 77.7 Å². The van der Waals surface area contributed by atoms with Crippen LogP contribution in [0.3, 0.4) is 0 Å². The molecule has 0 radical (unpaired) electrons. The lowest BCUT2D eigenvalue weighted by atomic mass is 10.2. The average Bonchev–Trinajstić information content (AvgIpc) is 2.96. The van der Waals surface area contributed by atoms with Gasteiger partial charge in [-0.3, -0.25) is 4.57 Å². The van der Waals surface area contributed by atoms with E-state index in [0.29, 0.717) is 0 Å². The second kappa shape index (κ2) is 5.80. The predicted octanol–water partition coefficient (Wildman–Crippen LogP) is 2.80. The number of hydrogen-bond donors (Lipinski definition) is 0. The first-order valence-corrected chi connectivity index (χ1v) is 9.12. The normalized spacial score (nSPS) is 12.7. The lowest BCUT2D eigenvalue weighted by Gasteiger charge is -2.11. The number of halogens is 3. The van der Waals surface area contributed by atoms with Crippen LogP contribution in [0.15, 0.2) is 35.5 Å². The number of aryl methyl sites for hydroxylation is 1. The molecule has 132 valence electrons. The van der Waals surface area contributed by atoms with Gasteiger partial charge >= 0.3 is 6.18 Å². The minimum absolute atomic E-state index is 0.0282. The number of aromatic nitrogens is 4. The van der Waals surface area contributed by atoms with Crippen LogP contribution >= 0.6 is 0 Å². The maximum atomic E-state index is 13.1. The molecule has 0 unspecified atom stereocenters. The Hall–Kier alpha value is -2.49. The summed E-state index contributed by atoms with van der Waals surface area (Å²) < 4.78 is 64.5. The highest BCUT2D eigenvalue weighted by atomic mass is 32.2. The number of rotatable bonds is 3. The fraction of sp³-hybridized carbons (Fsp3) is 0.267. The Morgan fingerprint density at radius 1 is 1.16 bits per heavy atom. The molecule has 0 aliphatic carbocycles. The summed E-state index contributed by atoms with van der Waals surface area (Å²) in [7, 11) is -3.60. The molecule has 25 heavy (non-hydrogen) atoms. The van der Waals surface area contributed by atoms with Crippen LogP contribution in [0, 0.1) is 0 Å². The second-order valence-corrected chi connectivity index (χ2v) is 7.36. The van der Waals surface area contributed by atoms with Crippen molar-refractivity contribution in [1.82, 2.24) is 19.5 Å². The number of imidazole rings is 1. The van der Waals surface area contributed by atoms with Crippen LogP contribution in [-0.4, -0.2) is 34.2 Å². The molecule has 0 atom stereocenters. The number of nitrogens with zero attached hydrogens (tertiary/aromatic N) is 4. The zero-order valence-electron chi connectivity index (χ0n) is 13.2. The standard InChI is InChI=1S/C15H13F3N4O2S/c1-3-9-12-13(21-14(20-9)15(16,17)18)22(8-19-12)10-6-4-5-7-11(10)25(2,23)24/h4-8H,3H2,1-2H3. The summed E-state index contributed by atoms with van der Waals surface area (Å²) in [5.74, 6) is -1.28. The SMILES string of the molecule is CCc1nc(C(F)(F)F)nc2c1ncn2-c1ccccc1S(C)(=O)=O. The summed E-state index contributed by atoms with van der Waals surface area (Å²) in [5.41, 5.74) is 0.448. The first-order chi connectivity index (χ1) is 11.6. The van der Waals surface area contributed by atoms with Crippen LogP contribution in [0.5, 0.6) is 0 Å². The van der Waals surface area contributed by atoms with Gasteiger partial charge in [0.1, 0.15) is 11.8 Å². The Balaban J connectivity index is 2.37. The molecule has 0 amide bonds. The average molecular weight is 370 g/mol. The van der Waals surface area contributed by atoms with Crippen molar-refractivity contribution in [2.75, 3.05) is 6.26 Å². The Labute approximate surface area is 141 Å². The van der Waals surface area contributed by atoms with Crippen molar-refractivity contribution in [2.24, 2.45) is 0 Å². The third-order valence-electron chi connectivity index (χ3n) is 3.58. The van der Waals surface area contributed by atoms with Crippen molar-refractivity contribution in [1.29, 1.82) is 0 Å². The molecular weight excluding hydrogens is 357 g/mol. The van der Waals surface area contributed by atoms with Crippen LogP contribution in [0.1, 0.15) is 18.4 Å². The maximum absolute atomic E-state index is 13.1. The van der Waals surface area contributed by atoms with Gasteiger partial charge in [-0.2, -0.15) is 13.2 Å². The van der Waals surface area contributed by atoms with Crippen LogP contribution < -0.4 is 0 Å². The van der Waals surface area contributed by atoms with E-state index in [1.165, 1.54) is 29.1 Å². The molecule has 3 rings (SSSR count). The first kappa shape index (κ1) is 17.3. The van der Waals surface area contributed by atoms with Gasteiger partial charge in [-0.25, -0.2) is 23.4 Å². The van der Waals surface area contributed by atoms with Gasteiger partial charge in [0.05, 0.1) is 16.3 Å². The predicted molar refractivity (Wildman–Crippen MR) is 84.1 cm³/mol. The molecule has 0 bridgehead atoms. The minimum Gasteiger partial charge on any atom is -0.282 e. The van der Waals surface area contributed by atoms with Gasteiger partial charge in [0, 0.05) is 6.26 Å². The van der Waals surface area contributed by atoms with Crippen LogP contribution in [-0.2, 0) is 22.4 Å². The molecule has 0 aliphatic heterocycles. The fourth-order valence-corrected chi connectivity index (χ4v) is 3.35. The summed E-state index contributed by atoms with van der Waals surface area (Å²) >= 11 is 0. The van der Waals surface area contributed by atoms with E-state index in [0.717, 1.165) is 6.26 Å². The van der Waals surface area contributed by atoms with Gasteiger partial charge in [0.15, 0.2) is 15.5 Å². The van der Waals surface area contributed by atoms with E-state index in [9.17, 15) is 21.6 Å². The van der Waals surface area contributed by atoms with Crippen molar-refractivity contribution < 1.29 is 21.6 Å². The highest BCUT2D eigenvalue weighted by Crippen LogP contribution is 2.30. The second-order valence-electron chi connectivity index (χ2n) is 5.37. The van der Waals surface area contributed by atoms with Crippen LogP contribution in [0.2, 0.25) is 0 Å². The molecule has 3 aromatic rings. The fourth-order valence-electron chi connectivity index (χ4n) is 2.48. The van der Waals surface area contributed by atoms with Crippen molar-refractivity contribution in [3.8, 4) is 5.69 Å². The number of benzene rings is 1. The molecule has 1 aromatic carbocycles. The number of para-hydroxylation sites is 1. The molecule has 2 heterocycles. The van der Waals surface area contributed by atoms with E-state index in [4.69, 9.17) is 0 Å². The summed E-state index contributed by atoms with van der Waals surface area (Å²) in [5, 5.41) is 0. The Morgan fingerprint density at radius 2 is 1.84 bits per heavy atom. The van der Waals surface area contributed by atoms with Gasteiger partial charge in [-0.05, 0) is 18.6 Å². The summed E-state index contributed by atoms with van der Waals surface area (Å²) in [6.45, 7) is 1.66. The monoisotopic (exact) mass is 370 g/mol. The zero-order valence-corrected chi connectivity index (χ0v) is 14.1. The lowest BCUT2D eigenvalue weighted by molar-refractivity contribution is -0.144. The zero-order chi connectivity index (χ0) is 18.4. The van der Waals surface area contributed by atoms with Crippen molar-refractivity contribution in [3.05, 3.63) is 42.1 Å². The van der Waals surface area contributed by atoms with E-state index in [2.05, 4.69) is 15.0 Å². The number of hydrogen-bond acceptors (Lipinski definition) is 5. The number of fused-ring (bicyclic) bond motifs is 1. The van der Waals surface area contributed by atoms with Crippen molar-refractivity contribution in [3.63, 3.8) is 0 Å². The molecule has 0 spiro atoms. The molecule has 10 heteroatoms. The smallest absolute Gasteiger partial charge is 0.282 e. The van der Waals surface area contributed by atoms with Gasteiger partial charge in [-0.1, -0.05) is 19.1 Å². The number of alkyl halides is 3. The summed E-state index contributed by atoms with van der Waals surface area (Å²) in [6, 6.07) is 5.98. The molecule has 6 nitrogen and oxygen atoms in total. The van der Waals surface area contributed by atoms with E-state index < -0.39 is 21.8 Å². The third kappa shape index (κ3) is 3.09. The molecule has 0 aliphatic rings.